The van der Waals surface area contributed by atoms with E-state index in [9.17, 15) is 61.3 Å². The standard InChI is InChI=1S/C26H40FNO18/c1-7-22(46-26-21(40)18(37)15(34)12(4-31)45-26)8(5-41-24-19(38)16(35)13(32)10(2-29)43-24)9(23(27)28-7)6-42-25-20(39)17(36)14(33)11(3-30)44-25/h10-21,24-26,29-40H,2-6H2,1H3/t10-,11-,12-,13-,14-,15+,16+,17+,18+,19+,20+,21-,24+,25+,26+/m1/s1. The van der Waals surface area contributed by atoms with Gasteiger partial charge in [0, 0.05) is 11.1 Å². The molecule has 264 valence electrons. The van der Waals surface area contributed by atoms with Crippen LogP contribution in [-0.4, -0.2) is 178 Å². The fourth-order valence-corrected chi connectivity index (χ4v) is 5.22. The van der Waals surface area contributed by atoms with Crippen molar-refractivity contribution in [2.24, 2.45) is 0 Å². The lowest BCUT2D eigenvalue weighted by Gasteiger charge is -2.41. The Kier molecular flexibility index (Phi) is 12.6. The van der Waals surface area contributed by atoms with Gasteiger partial charge in [-0.3, -0.25) is 0 Å². The van der Waals surface area contributed by atoms with E-state index in [1.807, 2.05) is 0 Å². The fraction of sp³-hybridized carbons (Fsp3) is 0.808. The molecule has 0 amide bonds. The van der Waals surface area contributed by atoms with Crippen molar-refractivity contribution in [3.8, 4) is 5.75 Å². The first kappa shape index (κ1) is 37.0. The van der Waals surface area contributed by atoms with Crippen molar-refractivity contribution in [1.29, 1.82) is 0 Å². The van der Waals surface area contributed by atoms with Gasteiger partial charge >= 0.3 is 0 Å². The molecule has 3 fully saturated rings. The van der Waals surface area contributed by atoms with Crippen molar-refractivity contribution >= 4 is 0 Å². The zero-order valence-electron chi connectivity index (χ0n) is 24.3. The number of aromatic nitrogens is 1. The molecule has 4 rings (SSSR count). The summed E-state index contributed by atoms with van der Waals surface area (Å²) in [7, 11) is 0. The number of hydrogen-bond acceptors (Lipinski definition) is 19. The number of aliphatic hydroxyl groups is 12. The van der Waals surface area contributed by atoms with Crippen LogP contribution >= 0.6 is 0 Å². The Labute approximate surface area is 260 Å². The first-order chi connectivity index (χ1) is 21.7. The highest BCUT2D eigenvalue weighted by molar-refractivity contribution is 5.42. The van der Waals surface area contributed by atoms with Crippen LogP contribution < -0.4 is 4.74 Å². The van der Waals surface area contributed by atoms with Crippen molar-refractivity contribution in [1.82, 2.24) is 4.98 Å². The molecule has 19 nitrogen and oxygen atoms in total. The molecule has 15 atom stereocenters. The molecule has 4 heterocycles. The molecule has 0 aromatic carbocycles. The van der Waals surface area contributed by atoms with Crippen LogP contribution in [0.4, 0.5) is 4.39 Å². The Morgan fingerprint density at radius 2 is 0.935 bits per heavy atom. The Balaban J connectivity index is 1.67. The predicted molar refractivity (Wildman–Crippen MR) is 140 cm³/mol. The van der Waals surface area contributed by atoms with E-state index in [1.165, 1.54) is 6.92 Å². The lowest BCUT2D eigenvalue weighted by molar-refractivity contribution is -0.306. The minimum atomic E-state index is -1.91. The predicted octanol–water partition coefficient (Wildman–Crippen LogP) is -6.66. The van der Waals surface area contributed by atoms with Gasteiger partial charge in [-0.15, -0.1) is 0 Å². The summed E-state index contributed by atoms with van der Waals surface area (Å²) in [5.41, 5.74) is -0.936. The zero-order valence-corrected chi connectivity index (χ0v) is 24.3. The summed E-state index contributed by atoms with van der Waals surface area (Å²) in [5, 5.41) is 121. The maximum Gasteiger partial charge on any atom is 0.229 e. The Hall–Kier alpha value is -1.80. The van der Waals surface area contributed by atoms with E-state index in [2.05, 4.69) is 4.98 Å². The topological polar surface area (TPSA) is 311 Å². The quantitative estimate of drug-likeness (QED) is 0.0971. The van der Waals surface area contributed by atoms with Gasteiger partial charge in [-0.25, -0.2) is 4.98 Å². The summed E-state index contributed by atoms with van der Waals surface area (Å²) in [6, 6.07) is 0. The second kappa shape index (κ2) is 15.6. The summed E-state index contributed by atoms with van der Waals surface area (Å²) < 4.78 is 48.3. The molecule has 3 saturated heterocycles. The highest BCUT2D eigenvalue weighted by Crippen LogP contribution is 2.34. The van der Waals surface area contributed by atoms with Crippen molar-refractivity contribution in [3.63, 3.8) is 0 Å². The lowest BCUT2D eigenvalue weighted by Crippen LogP contribution is -2.60. The summed E-state index contributed by atoms with van der Waals surface area (Å²) >= 11 is 0. The average Bonchev–Trinajstić information content (AvgIpc) is 3.04. The van der Waals surface area contributed by atoms with Crippen LogP contribution in [0.3, 0.4) is 0 Å². The van der Waals surface area contributed by atoms with E-state index >= 15 is 4.39 Å². The van der Waals surface area contributed by atoms with Gasteiger partial charge in [0.25, 0.3) is 0 Å². The molecule has 0 radical (unpaired) electrons. The minimum absolute atomic E-state index is 0.196. The van der Waals surface area contributed by atoms with Crippen LogP contribution in [0.1, 0.15) is 16.8 Å². The lowest BCUT2D eigenvalue weighted by atomic mass is 9.99. The Morgan fingerprint density at radius 1 is 0.565 bits per heavy atom. The number of hydrogen-bond donors (Lipinski definition) is 12. The second-order valence-corrected chi connectivity index (χ2v) is 11.1. The van der Waals surface area contributed by atoms with Crippen LogP contribution in [0, 0.1) is 12.9 Å². The SMILES string of the molecule is Cc1nc(F)c(CO[C@H]2O[C@H](CO)[C@@H](O)[C@H](O)[C@@H]2O)c(CO[C@H]2O[C@H](CO)[C@@H](O)[C@H](O)[C@@H]2O)c1O[C@@H]1O[C@H](CO)[C@H](O)[C@H](O)[C@H]1O. The number of aryl methyl sites for hydroxylation is 1. The second-order valence-electron chi connectivity index (χ2n) is 11.1. The molecule has 1 aromatic heterocycles. The zero-order chi connectivity index (χ0) is 34.0. The number of nitrogens with zero attached hydrogens (tertiary/aromatic N) is 1. The van der Waals surface area contributed by atoms with E-state index in [0.29, 0.717) is 0 Å². The molecule has 12 N–H and O–H groups in total. The first-order valence-corrected chi connectivity index (χ1v) is 14.2. The number of pyridine rings is 1. The van der Waals surface area contributed by atoms with Crippen LogP contribution in [0.25, 0.3) is 0 Å². The third-order valence-corrected chi connectivity index (χ3v) is 8.05. The van der Waals surface area contributed by atoms with Crippen LogP contribution in [0.15, 0.2) is 0 Å². The summed E-state index contributed by atoms with van der Waals surface area (Å²) in [6.45, 7) is -2.67. The molecule has 0 bridgehead atoms. The van der Waals surface area contributed by atoms with E-state index < -0.39 is 137 Å². The normalized spacial score (nSPS) is 41.8. The van der Waals surface area contributed by atoms with Crippen molar-refractivity contribution < 1.29 is 94.1 Å². The molecule has 0 unspecified atom stereocenters. The molecule has 0 saturated carbocycles. The van der Waals surface area contributed by atoms with E-state index in [1.54, 1.807) is 0 Å². The molecule has 1 aromatic rings. The van der Waals surface area contributed by atoms with Crippen molar-refractivity contribution in [2.75, 3.05) is 19.8 Å². The van der Waals surface area contributed by atoms with Crippen LogP contribution in [0.5, 0.6) is 5.75 Å². The molecular weight excluding hydrogens is 633 g/mol. The number of rotatable bonds is 11. The molecule has 0 spiro atoms. The Morgan fingerprint density at radius 3 is 1.35 bits per heavy atom. The molecule has 20 heteroatoms. The summed E-state index contributed by atoms with van der Waals surface area (Å²) in [5.74, 6) is -1.56. The van der Waals surface area contributed by atoms with Gasteiger partial charge in [0.2, 0.25) is 12.2 Å². The minimum Gasteiger partial charge on any atom is -0.460 e. The molecule has 3 aliphatic rings. The third-order valence-electron chi connectivity index (χ3n) is 8.05. The van der Waals surface area contributed by atoms with Gasteiger partial charge < -0.3 is 89.7 Å². The molecular formula is C26H40FNO18. The number of halogens is 1. The highest BCUT2D eigenvalue weighted by Gasteiger charge is 2.47. The molecule has 0 aliphatic carbocycles. The maximum atomic E-state index is 15.5. The van der Waals surface area contributed by atoms with Gasteiger partial charge in [0.1, 0.15) is 79.0 Å². The van der Waals surface area contributed by atoms with Gasteiger partial charge in [0.05, 0.1) is 38.7 Å². The molecule has 46 heavy (non-hydrogen) atoms. The van der Waals surface area contributed by atoms with E-state index in [4.69, 9.17) is 28.4 Å². The third kappa shape index (κ3) is 7.43. The number of ether oxygens (including phenoxy) is 6. The van der Waals surface area contributed by atoms with Crippen LogP contribution in [0.2, 0.25) is 0 Å². The Bertz CT molecular complexity index is 1150. The van der Waals surface area contributed by atoms with Gasteiger partial charge in [0.15, 0.2) is 12.6 Å². The fourth-order valence-electron chi connectivity index (χ4n) is 5.22. The van der Waals surface area contributed by atoms with Gasteiger partial charge in [-0.2, -0.15) is 4.39 Å². The maximum absolute atomic E-state index is 15.5. The average molecular weight is 674 g/mol. The monoisotopic (exact) mass is 673 g/mol. The van der Waals surface area contributed by atoms with Gasteiger partial charge in [-0.1, -0.05) is 0 Å². The largest absolute Gasteiger partial charge is 0.460 e. The van der Waals surface area contributed by atoms with Crippen molar-refractivity contribution in [3.05, 3.63) is 22.8 Å². The highest BCUT2D eigenvalue weighted by atomic mass is 19.1. The summed E-state index contributed by atoms with van der Waals surface area (Å²) in [6.07, 6.45) is -25.6. The smallest absolute Gasteiger partial charge is 0.229 e. The van der Waals surface area contributed by atoms with E-state index in [-0.39, 0.29) is 17.0 Å². The van der Waals surface area contributed by atoms with E-state index in [0.717, 1.165) is 0 Å². The summed E-state index contributed by atoms with van der Waals surface area (Å²) in [4.78, 5) is 3.75. The van der Waals surface area contributed by atoms with Crippen molar-refractivity contribution in [2.45, 2.75) is 112 Å². The first-order valence-electron chi connectivity index (χ1n) is 14.2. The van der Waals surface area contributed by atoms with Gasteiger partial charge in [-0.05, 0) is 6.92 Å². The number of aliphatic hydroxyl groups excluding tert-OH is 12. The molecule has 3 aliphatic heterocycles. The van der Waals surface area contributed by atoms with Crippen LogP contribution in [-0.2, 0) is 36.9 Å².